The lowest BCUT2D eigenvalue weighted by Gasteiger charge is -2.39. The molecule has 0 radical (unpaired) electrons. The van der Waals surface area contributed by atoms with Crippen molar-refractivity contribution >= 4 is 27.5 Å². The number of fused-ring (bicyclic) bond motifs is 1. The van der Waals surface area contributed by atoms with E-state index in [1.807, 2.05) is 24.3 Å². The van der Waals surface area contributed by atoms with Crippen LogP contribution in [0.3, 0.4) is 0 Å². The standard InChI is InChI=1S/C29H32N4O2S/c34-27(22-33-25-14-7-8-15-26(25)36-29(33)35)30-16-9-17-31-18-20-32(21-19-31)28(23-10-3-1-4-11-23)24-12-5-2-6-13-24/h1-8,10-15,28H,9,16-22H2,(H,30,34). The highest BCUT2D eigenvalue weighted by Gasteiger charge is 2.26. The molecule has 0 aliphatic carbocycles. The number of para-hydroxylation sites is 1. The quantitative estimate of drug-likeness (QED) is 0.353. The monoisotopic (exact) mass is 500 g/mol. The Morgan fingerprint density at radius 2 is 1.44 bits per heavy atom. The Kier molecular flexibility index (Phi) is 7.91. The van der Waals surface area contributed by atoms with E-state index in [0.29, 0.717) is 6.54 Å². The highest BCUT2D eigenvalue weighted by molar-refractivity contribution is 7.16. The number of rotatable bonds is 9. The first-order chi connectivity index (χ1) is 17.7. The smallest absolute Gasteiger partial charge is 0.308 e. The average Bonchev–Trinajstić information content (AvgIpc) is 3.23. The number of aromatic nitrogens is 1. The van der Waals surface area contributed by atoms with Crippen molar-refractivity contribution in [1.82, 2.24) is 19.7 Å². The van der Waals surface area contributed by atoms with Crippen molar-refractivity contribution in [2.45, 2.75) is 19.0 Å². The van der Waals surface area contributed by atoms with E-state index in [9.17, 15) is 9.59 Å². The van der Waals surface area contributed by atoms with Crippen molar-refractivity contribution in [3.05, 3.63) is 106 Å². The van der Waals surface area contributed by atoms with E-state index in [-0.39, 0.29) is 23.4 Å². The van der Waals surface area contributed by atoms with Gasteiger partial charge in [-0.25, -0.2) is 0 Å². The number of piperazine rings is 1. The third-order valence-electron chi connectivity index (χ3n) is 6.85. The van der Waals surface area contributed by atoms with E-state index in [1.54, 1.807) is 4.57 Å². The molecule has 4 aromatic rings. The van der Waals surface area contributed by atoms with Gasteiger partial charge in [0.05, 0.1) is 16.3 Å². The number of nitrogens with one attached hydrogen (secondary N) is 1. The molecule has 1 amide bonds. The molecule has 0 unspecified atom stereocenters. The summed E-state index contributed by atoms with van der Waals surface area (Å²) in [6, 6.07) is 29.4. The molecule has 5 rings (SSSR count). The predicted octanol–water partition coefficient (Wildman–Crippen LogP) is 3.98. The average molecular weight is 501 g/mol. The molecule has 1 aliphatic rings. The van der Waals surface area contributed by atoms with Gasteiger partial charge in [0.25, 0.3) is 0 Å². The van der Waals surface area contributed by atoms with Gasteiger partial charge in [-0.05, 0) is 36.2 Å². The van der Waals surface area contributed by atoms with Crippen LogP contribution in [-0.2, 0) is 11.3 Å². The normalized spacial score (nSPS) is 14.9. The van der Waals surface area contributed by atoms with Crippen molar-refractivity contribution in [3.8, 4) is 0 Å². The summed E-state index contributed by atoms with van der Waals surface area (Å²) in [5.41, 5.74) is 3.49. The highest BCUT2D eigenvalue weighted by Crippen LogP contribution is 2.29. The minimum Gasteiger partial charge on any atom is -0.354 e. The van der Waals surface area contributed by atoms with Crippen LogP contribution in [0.4, 0.5) is 0 Å². The molecule has 7 heteroatoms. The van der Waals surface area contributed by atoms with Crippen LogP contribution >= 0.6 is 11.3 Å². The van der Waals surface area contributed by atoms with Crippen LogP contribution in [0.2, 0.25) is 0 Å². The van der Waals surface area contributed by atoms with E-state index in [4.69, 9.17) is 0 Å². The molecule has 0 spiro atoms. The lowest BCUT2D eigenvalue weighted by atomic mass is 9.96. The number of thiazole rings is 1. The van der Waals surface area contributed by atoms with Gasteiger partial charge in [0, 0.05) is 32.7 Å². The van der Waals surface area contributed by atoms with Gasteiger partial charge in [-0.3, -0.25) is 19.1 Å². The molecular weight excluding hydrogens is 468 g/mol. The third kappa shape index (κ3) is 5.75. The SMILES string of the molecule is O=C(Cn1c(=O)sc2ccccc21)NCCCN1CCN(C(c2ccccc2)c2ccccc2)CC1. The summed E-state index contributed by atoms with van der Waals surface area (Å²) in [5.74, 6) is -0.112. The maximum absolute atomic E-state index is 12.5. The number of hydrogen-bond acceptors (Lipinski definition) is 5. The number of carbonyl (C=O) groups excluding carboxylic acids is 1. The molecule has 3 aromatic carbocycles. The minimum absolute atomic E-state index is 0.0713. The summed E-state index contributed by atoms with van der Waals surface area (Å²) < 4.78 is 2.47. The second kappa shape index (κ2) is 11.6. The van der Waals surface area contributed by atoms with E-state index in [1.165, 1.54) is 22.5 Å². The summed E-state index contributed by atoms with van der Waals surface area (Å²) in [6.07, 6.45) is 0.895. The Morgan fingerprint density at radius 1 is 0.833 bits per heavy atom. The predicted molar refractivity (Wildman–Crippen MR) is 146 cm³/mol. The molecule has 1 fully saturated rings. The summed E-state index contributed by atoms with van der Waals surface area (Å²) in [7, 11) is 0. The zero-order valence-electron chi connectivity index (χ0n) is 20.4. The van der Waals surface area contributed by atoms with Crippen LogP contribution in [0.1, 0.15) is 23.6 Å². The highest BCUT2D eigenvalue weighted by atomic mass is 32.1. The zero-order chi connectivity index (χ0) is 24.7. The van der Waals surface area contributed by atoms with E-state index in [2.05, 4.69) is 75.8 Å². The maximum Gasteiger partial charge on any atom is 0.308 e. The Labute approximate surface area is 215 Å². The lowest BCUT2D eigenvalue weighted by Crippen LogP contribution is -2.48. The first kappa shape index (κ1) is 24.4. The molecule has 186 valence electrons. The van der Waals surface area contributed by atoms with Gasteiger partial charge in [-0.15, -0.1) is 0 Å². The Bertz CT molecular complexity index is 1290. The van der Waals surface area contributed by atoms with Gasteiger partial charge >= 0.3 is 4.87 Å². The van der Waals surface area contributed by atoms with Crippen LogP contribution in [0, 0.1) is 0 Å². The van der Waals surface area contributed by atoms with Gasteiger partial charge in [-0.2, -0.15) is 0 Å². The summed E-state index contributed by atoms with van der Waals surface area (Å²) >= 11 is 1.18. The Balaban J connectivity index is 1.09. The molecule has 1 N–H and O–H groups in total. The first-order valence-electron chi connectivity index (χ1n) is 12.6. The largest absolute Gasteiger partial charge is 0.354 e. The topological polar surface area (TPSA) is 57.6 Å². The van der Waals surface area contributed by atoms with Crippen molar-refractivity contribution in [1.29, 1.82) is 0 Å². The minimum atomic E-state index is -0.112. The summed E-state index contributed by atoms with van der Waals surface area (Å²) in [4.78, 5) is 29.7. The summed E-state index contributed by atoms with van der Waals surface area (Å²) in [6.45, 7) is 5.69. The Morgan fingerprint density at radius 3 is 2.11 bits per heavy atom. The third-order valence-corrected chi connectivity index (χ3v) is 7.81. The number of nitrogens with zero attached hydrogens (tertiary/aromatic N) is 3. The molecule has 1 aromatic heterocycles. The van der Waals surface area contributed by atoms with Crippen molar-refractivity contribution in [3.63, 3.8) is 0 Å². The van der Waals surface area contributed by atoms with Crippen LogP contribution in [0.15, 0.2) is 89.7 Å². The van der Waals surface area contributed by atoms with Crippen molar-refractivity contribution in [2.24, 2.45) is 0 Å². The fourth-order valence-corrected chi connectivity index (χ4v) is 5.91. The van der Waals surface area contributed by atoms with Crippen molar-refractivity contribution < 1.29 is 4.79 Å². The van der Waals surface area contributed by atoms with E-state index >= 15 is 0 Å². The fraction of sp³-hybridized carbons (Fsp3) is 0.310. The molecule has 0 atom stereocenters. The molecule has 1 aliphatic heterocycles. The van der Waals surface area contributed by atoms with Gasteiger partial charge in [0.2, 0.25) is 5.91 Å². The van der Waals surface area contributed by atoms with E-state index < -0.39 is 0 Å². The molecular formula is C29H32N4O2S. The fourth-order valence-electron chi connectivity index (χ4n) is 5.02. The van der Waals surface area contributed by atoms with Gasteiger partial charge in [-0.1, -0.05) is 84.1 Å². The second-order valence-electron chi connectivity index (χ2n) is 9.23. The molecule has 2 heterocycles. The Hall–Kier alpha value is -3.26. The van der Waals surface area contributed by atoms with Gasteiger partial charge in [0.1, 0.15) is 6.54 Å². The molecule has 36 heavy (non-hydrogen) atoms. The van der Waals surface area contributed by atoms with Crippen LogP contribution < -0.4 is 10.2 Å². The van der Waals surface area contributed by atoms with Crippen molar-refractivity contribution in [2.75, 3.05) is 39.3 Å². The number of carbonyl (C=O) groups is 1. The maximum atomic E-state index is 12.5. The summed E-state index contributed by atoms with van der Waals surface area (Å²) in [5, 5.41) is 2.99. The molecule has 1 saturated heterocycles. The second-order valence-corrected chi connectivity index (χ2v) is 10.2. The van der Waals surface area contributed by atoms with Crippen LogP contribution in [0.25, 0.3) is 10.2 Å². The van der Waals surface area contributed by atoms with Crippen LogP contribution in [0.5, 0.6) is 0 Å². The van der Waals surface area contributed by atoms with Gasteiger partial charge < -0.3 is 10.2 Å². The lowest BCUT2D eigenvalue weighted by molar-refractivity contribution is -0.121. The number of benzene rings is 3. The van der Waals surface area contributed by atoms with E-state index in [0.717, 1.165) is 49.4 Å². The number of amides is 1. The molecule has 0 saturated carbocycles. The molecule has 6 nitrogen and oxygen atoms in total. The van der Waals surface area contributed by atoms with Gasteiger partial charge in [0.15, 0.2) is 0 Å². The van der Waals surface area contributed by atoms with Crippen LogP contribution in [-0.4, -0.2) is 59.5 Å². The molecule has 0 bridgehead atoms. The first-order valence-corrected chi connectivity index (χ1v) is 13.4. The number of hydrogen-bond donors (Lipinski definition) is 1. The zero-order valence-corrected chi connectivity index (χ0v) is 21.2.